The molecular weight excluding hydrogens is 272 g/mol. The number of hydrogen-bond donors (Lipinski definition) is 1. The summed E-state index contributed by atoms with van der Waals surface area (Å²) in [5.41, 5.74) is 0.603. The molecule has 0 saturated carbocycles. The molecule has 0 saturated heterocycles. The van der Waals surface area contributed by atoms with Crippen molar-refractivity contribution < 1.29 is 9.53 Å². The number of methoxy groups -OCH3 is 1. The molecule has 0 aliphatic carbocycles. The van der Waals surface area contributed by atoms with Crippen molar-refractivity contribution in [2.45, 2.75) is 19.4 Å². The summed E-state index contributed by atoms with van der Waals surface area (Å²) in [5.74, 6) is -0.0910. The highest BCUT2D eigenvalue weighted by atomic mass is 79.9. The molecule has 88 valence electrons. The number of ether oxygens (including phenoxy) is 1. The summed E-state index contributed by atoms with van der Waals surface area (Å²) < 4.78 is 5.61. The Balaban J connectivity index is 2.52. The van der Waals surface area contributed by atoms with Crippen molar-refractivity contribution >= 4 is 21.8 Å². The average Bonchev–Trinajstić information content (AvgIpc) is 2.26. The fourth-order valence-corrected chi connectivity index (χ4v) is 1.58. The minimum Gasteiger partial charge on any atom is -0.385 e. The lowest BCUT2D eigenvalue weighted by molar-refractivity contribution is 0.0929. The largest absolute Gasteiger partial charge is 0.385 e. The van der Waals surface area contributed by atoms with Crippen molar-refractivity contribution in [2.75, 3.05) is 13.7 Å². The van der Waals surface area contributed by atoms with Crippen LogP contribution in [0.1, 0.15) is 23.7 Å². The minimum atomic E-state index is -0.0910. The highest BCUT2D eigenvalue weighted by molar-refractivity contribution is 9.10. The van der Waals surface area contributed by atoms with E-state index < -0.39 is 0 Å². The normalized spacial score (nSPS) is 12.2. The number of carbonyl (C=O) groups excluding carboxylic acids is 1. The molecule has 5 heteroatoms. The van der Waals surface area contributed by atoms with Gasteiger partial charge in [0.2, 0.25) is 0 Å². The zero-order chi connectivity index (χ0) is 12.0. The SMILES string of the molecule is COCCC(C)NC(=O)c1ccnc(Br)c1. The molecular formula is C11H15BrN2O2. The lowest BCUT2D eigenvalue weighted by Gasteiger charge is -2.13. The molecule has 1 amide bonds. The van der Waals surface area contributed by atoms with Crippen molar-refractivity contribution in [3.8, 4) is 0 Å². The van der Waals surface area contributed by atoms with Crippen LogP contribution in [-0.4, -0.2) is 30.6 Å². The van der Waals surface area contributed by atoms with E-state index in [4.69, 9.17) is 4.74 Å². The van der Waals surface area contributed by atoms with Gasteiger partial charge < -0.3 is 10.1 Å². The first-order valence-electron chi connectivity index (χ1n) is 5.05. The number of nitrogens with zero attached hydrogens (tertiary/aromatic N) is 1. The molecule has 16 heavy (non-hydrogen) atoms. The smallest absolute Gasteiger partial charge is 0.251 e. The van der Waals surface area contributed by atoms with Crippen molar-refractivity contribution in [3.05, 3.63) is 28.5 Å². The Morgan fingerprint density at radius 3 is 3.06 bits per heavy atom. The van der Waals surface area contributed by atoms with Crippen molar-refractivity contribution in [2.24, 2.45) is 0 Å². The van der Waals surface area contributed by atoms with Crippen LogP contribution in [0.2, 0.25) is 0 Å². The molecule has 0 aromatic carbocycles. The molecule has 4 nitrogen and oxygen atoms in total. The van der Waals surface area contributed by atoms with Crippen LogP contribution in [0.3, 0.4) is 0 Å². The number of pyridine rings is 1. The van der Waals surface area contributed by atoms with Crippen LogP contribution < -0.4 is 5.32 Å². The van der Waals surface area contributed by atoms with Crippen LogP contribution in [0.25, 0.3) is 0 Å². The number of hydrogen-bond acceptors (Lipinski definition) is 3. The van der Waals surface area contributed by atoms with Gasteiger partial charge in [-0.1, -0.05) is 0 Å². The van der Waals surface area contributed by atoms with Gasteiger partial charge in [-0.2, -0.15) is 0 Å². The maximum Gasteiger partial charge on any atom is 0.251 e. The first kappa shape index (κ1) is 13.1. The second-order valence-electron chi connectivity index (χ2n) is 3.52. The summed E-state index contributed by atoms with van der Waals surface area (Å²) in [6.07, 6.45) is 2.40. The van der Waals surface area contributed by atoms with Gasteiger partial charge >= 0.3 is 0 Å². The van der Waals surface area contributed by atoms with E-state index in [9.17, 15) is 4.79 Å². The second kappa shape index (κ2) is 6.60. The van der Waals surface area contributed by atoms with Gasteiger partial charge in [0.25, 0.3) is 5.91 Å². The molecule has 0 fully saturated rings. The monoisotopic (exact) mass is 286 g/mol. The second-order valence-corrected chi connectivity index (χ2v) is 4.34. The molecule has 0 aliphatic rings. The van der Waals surface area contributed by atoms with E-state index in [1.54, 1.807) is 25.4 Å². The van der Waals surface area contributed by atoms with E-state index in [0.29, 0.717) is 16.8 Å². The molecule has 1 N–H and O–H groups in total. The molecule has 1 heterocycles. The summed E-state index contributed by atoms with van der Waals surface area (Å²) in [6, 6.07) is 3.47. The van der Waals surface area contributed by atoms with Crippen molar-refractivity contribution in [1.29, 1.82) is 0 Å². The lowest BCUT2D eigenvalue weighted by Crippen LogP contribution is -2.33. The fraction of sp³-hybridized carbons (Fsp3) is 0.455. The zero-order valence-electron chi connectivity index (χ0n) is 9.37. The van der Waals surface area contributed by atoms with Crippen LogP contribution >= 0.6 is 15.9 Å². The number of carbonyl (C=O) groups is 1. The predicted octanol–water partition coefficient (Wildman–Crippen LogP) is 2.00. The molecule has 1 aromatic heterocycles. The minimum absolute atomic E-state index is 0.0910. The summed E-state index contributed by atoms with van der Waals surface area (Å²) in [7, 11) is 1.65. The van der Waals surface area contributed by atoms with Crippen molar-refractivity contribution in [3.63, 3.8) is 0 Å². The third kappa shape index (κ3) is 4.28. The maximum atomic E-state index is 11.8. The lowest BCUT2D eigenvalue weighted by atomic mass is 10.2. The number of rotatable bonds is 5. The van der Waals surface area contributed by atoms with Crippen LogP contribution in [0.4, 0.5) is 0 Å². The van der Waals surface area contributed by atoms with E-state index in [2.05, 4.69) is 26.2 Å². The number of nitrogens with one attached hydrogen (secondary N) is 1. The molecule has 0 bridgehead atoms. The van der Waals surface area contributed by atoms with Crippen LogP contribution in [0.15, 0.2) is 22.9 Å². The molecule has 1 rings (SSSR count). The third-order valence-electron chi connectivity index (χ3n) is 2.12. The quantitative estimate of drug-likeness (QED) is 0.843. The molecule has 1 unspecified atom stereocenters. The summed E-state index contributed by atoms with van der Waals surface area (Å²) >= 11 is 3.23. The molecule has 0 radical (unpaired) electrons. The highest BCUT2D eigenvalue weighted by Crippen LogP contribution is 2.08. The Bertz CT molecular complexity index is 358. The van der Waals surface area contributed by atoms with Gasteiger partial charge in [-0.05, 0) is 41.4 Å². The Morgan fingerprint density at radius 1 is 1.69 bits per heavy atom. The van der Waals surface area contributed by atoms with E-state index in [1.165, 1.54) is 0 Å². The fourth-order valence-electron chi connectivity index (χ4n) is 1.22. The van der Waals surface area contributed by atoms with Gasteiger partial charge in [0, 0.05) is 31.5 Å². The Labute approximate surface area is 104 Å². The van der Waals surface area contributed by atoms with Gasteiger partial charge in [0.05, 0.1) is 0 Å². The topological polar surface area (TPSA) is 51.2 Å². The standard InChI is InChI=1S/C11H15BrN2O2/c1-8(4-6-16-2)14-11(15)9-3-5-13-10(12)7-9/h3,5,7-8H,4,6H2,1-2H3,(H,14,15). The average molecular weight is 287 g/mol. The number of amides is 1. The highest BCUT2D eigenvalue weighted by Gasteiger charge is 2.09. The summed E-state index contributed by atoms with van der Waals surface area (Å²) in [5, 5.41) is 2.89. The van der Waals surface area contributed by atoms with Crippen LogP contribution in [-0.2, 0) is 4.74 Å². The van der Waals surface area contributed by atoms with Crippen molar-refractivity contribution in [1.82, 2.24) is 10.3 Å². The van der Waals surface area contributed by atoms with E-state index in [0.717, 1.165) is 6.42 Å². The van der Waals surface area contributed by atoms with Gasteiger partial charge in [-0.15, -0.1) is 0 Å². The molecule has 0 aliphatic heterocycles. The predicted molar refractivity (Wildman–Crippen MR) is 65.4 cm³/mol. The number of aromatic nitrogens is 1. The zero-order valence-corrected chi connectivity index (χ0v) is 11.0. The first-order valence-corrected chi connectivity index (χ1v) is 5.84. The van der Waals surface area contributed by atoms with E-state index >= 15 is 0 Å². The Kier molecular flexibility index (Phi) is 5.42. The summed E-state index contributed by atoms with van der Waals surface area (Å²) in [4.78, 5) is 15.7. The van der Waals surface area contributed by atoms with E-state index in [-0.39, 0.29) is 11.9 Å². The van der Waals surface area contributed by atoms with E-state index in [1.807, 2.05) is 6.92 Å². The Hall–Kier alpha value is -0.940. The summed E-state index contributed by atoms with van der Waals surface area (Å²) in [6.45, 7) is 2.59. The molecule has 0 spiro atoms. The van der Waals surface area contributed by atoms with Gasteiger partial charge in [0.1, 0.15) is 4.60 Å². The molecule has 1 atom stereocenters. The first-order chi connectivity index (χ1) is 7.63. The number of halogens is 1. The Morgan fingerprint density at radius 2 is 2.44 bits per heavy atom. The van der Waals surface area contributed by atoms with Gasteiger partial charge in [0.15, 0.2) is 0 Å². The van der Waals surface area contributed by atoms with Gasteiger partial charge in [-0.3, -0.25) is 4.79 Å². The maximum absolute atomic E-state index is 11.8. The molecule has 1 aromatic rings. The third-order valence-corrected chi connectivity index (χ3v) is 2.55. The van der Waals surface area contributed by atoms with Crippen LogP contribution in [0, 0.1) is 0 Å². The van der Waals surface area contributed by atoms with Gasteiger partial charge in [-0.25, -0.2) is 4.98 Å². The van der Waals surface area contributed by atoms with Crippen LogP contribution in [0.5, 0.6) is 0 Å².